The molecule has 0 aliphatic heterocycles. The summed E-state index contributed by atoms with van der Waals surface area (Å²) in [6, 6.07) is 7.14. The van der Waals surface area contributed by atoms with Gasteiger partial charge < -0.3 is 15.0 Å². The van der Waals surface area contributed by atoms with Gasteiger partial charge in [0.05, 0.1) is 6.20 Å². The van der Waals surface area contributed by atoms with Crippen LogP contribution in [-0.4, -0.2) is 20.6 Å². The maximum atomic E-state index is 13.0. The van der Waals surface area contributed by atoms with E-state index in [1.54, 1.807) is 4.57 Å². The number of amides is 1. The molecule has 0 bridgehead atoms. The van der Waals surface area contributed by atoms with E-state index in [0.29, 0.717) is 21.8 Å². The predicted molar refractivity (Wildman–Crippen MR) is 105 cm³/mol. The lowest BCUT2D eigenvalue weighted by atomic mass is 9.97. The minimum atomic E-state index is -0.479. The average molecular weight is 390 g/mol. The van der Waals surface area contributed by atoms with E-state index < -0.39 is 6.04 Å². The first kappa shape index (κ1) is 17.4. The molecule has 1 aliphatic carbocycles. The number of aromatic nitrogens is 2. The van der Waals surface area contributed by atoms with Crippen molar-refractivity contribution in [2.24, 2.45) is 5.92 Å². The second kappa shape index (κ2) is 7.29. The maximum absolute atomic E-state index is 13.0. The summed E-state index contributed by atoms with van der Waals surface area (Å²) in [4.78, 5) is 17.1. The van der Waals surface area contributed by atoms with Crippen molar-refractivity contribution in [1.29, 1.82) is 0 Å². The molecule has 1 aromatic carbocycles. The summed E-state index contributed by atoms with van der Waals surface area (Å²) in [6.07, 6.45) is 8.78. The van der Waals surface area contributed by atoms with Gasteiger partial charge in [0, 0.05) is 17.0 Å². The zero-order chi connectivity index (χ0) is 18.1. The average Bonchev–Trinajstić information content (AvgIpc) is 3.35. The highest BCUT2D eigenvalue weighted by molar-refractivity contribution is 7.19. The quantitative estimate of drug-likeness (QED) is 0.628. The first-order chi connectivity index (χ1) is 12.6. The van der Waals surface area contributed by atoms with Gasteiger partial charge in [-0.3, -0.25) is 4.79 Å². The molecule has 1 atom stereocenters. The van der Waals surface area contributed by atoms with E-state index in [1.807, 2.05) is 30.5 Å². The highest BCUT2D eigenvalue weighted by Crippen LogP contribution is 2.37. The van der Waals surface area contributed by atoms with Gasteiger partial charge in [-0.15, -0.1) is 0 Å². The fourth-order valence-corrected chi connectivity index (χ4v) is 4.63. The number of thiazole rings is 1. The van der Waals surface area contributed by atoms with E-state index in [2.05, 4.69) is 10.3 Å². The van der Waals surface area contributed by atoms with Gasteiger partial charge in [-0.1, -0.05) is 66.8 Å². The largest absolute Gasteiger partial charge is 0.494 e. The third-order valence-corrected chi connectivity index (χ3v) is 6.13. The van der Waals surface area contributed by atoms with Crippen molar-refractivity contribution < 1.29 is 9.90 Å². The van der Waals surface area contributed by atoms with Crippen LogP contribution < -0.4 is 5.32 Å². The number of benzene rings is 1. The van der Waals surface area contributed by atoms with Crippen LogP contribution >= 0.6 is 22.9 Å². The Labute approximate surface area is 160 Å². The topological polar surface area (TPSA) is 67.2 Å². The molecule has 0 saturated heterocycles. The van der Waals surface area contributed by atoms with Crippen LogP contribution in [-0.2, 0) is 4.79 Å². The van der Waals surface area contributed by atoms with Gasteiger partial charge in [-0.25, -0.2) is 4.98 Å². The van der Waals surface area contributed by atoms with E-state index in [-0.39, 0.29) is 11.8 Å². The molecule has 1 unspecified atom stereocenters. The first-order valence-electron chi connectivity index (χ1n) is 8.82. The number of hydrogen-bond acceptors (Lipinski definition) is 4. The number of aromatic hydroxyl groups is 1. The van der Waals surface area contributed by atoms with Crippen molar-refractivity contribution in [3.8, 4) is 5.88 Å². The maximum Gasteiger partial charge on any atom is 0.249 e. The summed E-state index contributed by atoms with van der Waals surface area (Å²) in [7, 11) is 0. The molecule has 136 valence electrons. The lowest BCUT2D eigenvalue weighted by Gasteiger charge is -2.22. The van der Waals surface area contributed by atoms with Crippen LogP contribution in [0.2, 0.25) is 4.34 Å². The minimum Gasteiger partial charge on any atom is -0.494 e. The molecule has 1 aliphatic rings. The number of fused-ring (bicyclic) bond motifs is 1. The summed E-state index contributed by atoms with van der Waals surface area (Å²) in [5.74, 6) is 0.463. The molecule has 2 heterocycles. The zero-order valence-electron chi connectivity index (χ0n) is 14.2. The molecule has 3 aromatic rings. The molecule has 2 N–H and O–H groups in total. The summed E-state index contributed by atoms with van der Waals surface area (Å²) in [5.41, 5.74) is 0. The Morgan fingerprint density at radius 1 is 1.38 bits per heavy atom. The van der Waals surface area contributed by atoms with Crippen LogP contribution in [0.5, 0.6) is 5.88 Å². The van der Waals surface area contributed by atoms with Crippen molar-refractivity contribution in [2.75, 3.05) is 5.32 Å². The third-order valence-electron chi connectivity index (χ3n) is 5.10. The zero-order valence-corrected chi connectivity index (χ0v) is 15.8. The van der Waals surface area contributed by atoms with E-state index in [9.17, 15) is 9.90 Å². The van der Waals surface area contributed by atoms with Crippen molar-refractivity contribution in [2.45, 2.75) is 38.1 Å². The molecule has 7 heteroatoms. The molecule has 4 rings (SSSR count). The number of nitrogens with zero attached hydrogens (tertiary/aromatic N) is 2. The van der Waals surface area contributed by atoms with Crippen LogP contribution in [0.15, 0.2) is 36.7 Å². The molecule has 2 aromatic heterocycles. The SMILES string of the molecule is O=C(Nc1ncc(Cl)s1)C(CC1CCCC1)n1cc2ccccc2c1O. The summed E-state index contributed by atoms with van der Waals surface area (Å²) < 4.78 is 2.23. The Morgan fingerprint density at radius 2 is 2.15 bits per heavy atom. The van der Waals surface area contributed by atoms with Crippen LogP contribution in [0.3, 0.4) is 0 Å². The molecular weight excluding hydrogens is 370 g/mol. The van der Waals surface area contributed by atoms with Crippen molar-refractivity contribution >= 4 is 44.7 Å². The molecule has 0 radical (unpaired) electrons. The van der Waals surface area contributed by atoms with Gasteiger partial charge in [0.15, 0.2) is 11.0 Å². The van der Waals surface area contributed by atoms with Gasteiger partial charge in [-0.2, -0.15) is 0 Å². The number of halogens is 1. The monoisotopic (exact) mass is 389 g/mol. The molecular formula is C19H20ClN3O2S. The second-order valence-corrected chi connectivity index (χ2v) is 8.47. The highest BCUT2D eigenvalue weighted by Gasteiger charge is 2.29. The Hall–Kier alpha value is -2.05. The van der Waals surface area contributed by atoms with Crippen LogP contribution in [0.25, 0.3) is 10.8 Å². The van der Waals surface area contributed by atoms with Crippen molar-refractivity contribution in [3.05, 3.63) is 41.0 Å². The van der Waals surface area contributed by atoms with Crippen molar-refractivity contribution in [3.63, 3.8) is 0 Å². The molecule has 1 saturated carbocycles. The summed E-state index contributed by atoms with van der Waals surface area (Å²) >= 11 is 7.15. The van der Waals surface area contributed by atoms with E-state index in [1.165, 1.54) is 30.4 Å². The molecule has 5 nitrogen and oxygen atoms in total. The standard InChI is InChI=1S/C19H20ClN3O2S/c20-16-10-21-19(26-16)22-17(24)15(9-12-5-1-2-6-12)23-11-13-7-3-4-8-14(13)18(23)25/h3-4,7-8,10-12,15,25H,1-2,5-6,9H2,(H,21,22,24). The Bertz CT molecular complexity index is 930. The van der Waals surface area contributed by atoms with Crippen molar-refractivity contribution in [1.82, 2.24) is 9.55 Å². The Morgan fingerprint density at radius 3 is 2.85 bits per heavy atom. The molecule has 0 spiro atoms. The van der Waals surface area contributed by atoms with Gasteiger partial charge in [0.2, 0.25) is 5.91 Å². The number of hydrogen-bond donors (Lipinski definition) is 2. The predicted octanol–water partition coefficient (Wildman–Crippen LogP) is 5.22. The molecule has 1 amide bonds. The lowest BCUT2D eigenvalue weighted by molar-refractivity contribution is -0.119. The van der Waals surface area contributed by atoms with E-state index >= 15 is 0 Å². The normalized spacial score (nSPS) is 16.2. The Kier molecular flexibility index (Phi) is 4.87. The van der Waals surface area contributed by atoms with Crippen LogP contribution in [0, 0.1) is 5.92 Å². The number of nitrogens with one attached hydrogen (secondary N) is 1. The molecule has 26 heavy (non-hydrogen) atoms. The fraction of sp³-hybridized carbons (Fsp3) is 0.368. The smallest absolute Gasteiger partial charge is 0.249 e. The highest BCUT2D eigenvalue weighted by atomic mass is 35.5. The van der Waals surface area contributed by atoms with E-state index in [0.717, 1.165) is 23.6 Å². The van der Waals surface area contributed by atoms with Gasteiger partial charge in [0.1, 0.15) is 10.4 Å². The van der Waals surface area contributed by atoms with Crippen LogP contribution in [0.4, 0.5) is 5.13 Å². The first-order valence-corrected chi connectivity index (χ1v) is 10.0. The summed E-state index contributed by atoms with van der Waals surface area (Å²) in [6.45, 7) is 0. The number of carbonyl (C=O) groups excluding carboxylic acids is 1. The van der Waals surface area contributed by atoms with Crippen LogP contribution in [0.1, 0.15) is 38.1 Å². The van der Waals surface area contributed by atoms with Gasteiger partial charge >= 0.3 is 0 Å². The second-order valence-electron chi connectivity index (χ2n) is 6.81. The number of rotatable bonds is 5. The fourth-order valence-electron chi connectivity index (χ4n) is 3.81. The van der Waals surface area contributed by atoms with Gasteiger partial charge in [-0.05, 0) is 18.4 Å². The van der Waals surface area contributed by atoms with E-state index in [4.69, 9.17) is 11.6 Å². The number of carbonyl (C=O) groups is 1. The van der Waals surface area contributed by atoms with Gasteiger partial charge in [0.25, 0.3) is 0 Å². The Balaban J connectivity index is 1.66. The lowest BCUT2D eigenvalue weighted by Crippen LogP contribution is -2.27. The number of anilines is 1. The minimum absolute atomic E-state index is 0.135. The third kappa shape index (κ3) is 3.44. The summed E-state index contributed by atoms with van der Waals surface area (Å²) in [5, 5.41) is 15.7. The molecule has 1 fully saturated rings.